The summed E-state index contributed by atoms with van der Waals surface area (Å²) >= 11 is 0. The summed E-state index contributed by atoms with van der Waals surface area (Å²) in [7, 11) is 1.23. The molecule has 0 aromatic carbocycles. The van der Waals surface area contributed by atoms with Crippen LogP contribution in [-0.2, 0) is 4.74 Å². The van der Waals surface area contributed by atoms with Crippen LogP contribution in [0.4, 0.5) is 4.79 Å². The van der Waals surface area contributed by atoms with Crippen LogP contribution in [0.25, 0.3) is 0 Å². The second kappa shape index (κ2) is 5.05. The molecule has 4 heteroatoms. The van der Waals surface area contributed by atoms with E-state index in [4.69, 9.17) is 5.21 Å². The number of carbonyl (C=O) groups excluding carboxylic acids is 1. The fraction of sp³-hybridized carbons (Fsp3) is 0.833. The molecule has 0 bridgehead atoms. The molecule has 0 rings (SSSR count). The van der Waals surface area contributed by atoms with E-state index in [9.17, 15) is 4.79 Å². The highest BCUT2D eigenvalue weighted by Gasteiger charge is 2.03. The van der Waals surface area contributed by atoms with Crippen molar-refractivity contribution < 1.29 is 14.7 Å². The van der Waals surface area contributed by atoms with Crippen molar-refractivity contribution in [3.8, 4) is 0 Å². The number of nitrogens with zero attached hydrogens (tertiary/aromatic N) is 1. The highest BCUT2D eigenvalue weighted by atomic mass is 16.6. The van der Waals surface area contributed by atoms with Crippen molar-refractivity contribution in [1.82, 2.24) is 5.06 Å². The van der Waals surface area contributed by atoms with Gasteiger partial charge in [-0.05, 0) is 6.42 Å². The van der Waals surface area contributed by atoms with Crippen LogP contribution in [0.15, 0.2) is 0 Å². The molecule has 0 aromatic rings. The van der Waals surface area contributed by atoms with Gasteiger partial charge in [0.25, 0.3) is 0 Å². The molecule has 0 aromatic heterocycles. The first-order valence-electron chi connectivity index (χ1n) is 3.27. The van der Waals surface area contributed by atoms with Gasteiger partial charge in [0.15, 0.2) is 0 Å². The Hall–Kier alpha value is -0.770. The monoisotopic (exact) mass is 147 g/mol. The minimum atomic E-state index is -0.701. The third-order valence-corrected chi connectivity index (χ3v) is 0.988. The molecule has 1 N–H and O–H groups in total. The normalized spacial score (nSPS) is 9.10. The van der Waals surface area contributed by atoms with Gasteiger partial charge in [0.05, 0.1) is 6.61 Å². The first-order chi connectivity index (χ1) is 4.68. The van der Waals surface area contributed by atoms with Gasteiger partial charge in [-0.2, -0.15) is 5.06 Å². The van der Waals surface area contributed by atoms with Gasteiger partial charge in [-0.3, -0.25) is 5.21 Å². The second-order valence-corrected chi connectivity index (χ2v) is 1.99. The molecule has 0 unspecified atom stereocenters. The molecule has 0 radical (unpaired) electrons. The van der Waals surface area contributed by atoms with Crippen LogP contribution in [0.5, 0.6) is 0 Å². The Morgan fingerprint density at radius 2 is 2.30 bits per heavy atom. The average Bonchev–Trinajstić information content (AvgIpc) is 1.88. The van der Waals surface area contributed by atoms with E-state index in [1.54, 1.807) is 0 Å². The zero-order valence-electron chi connectivity index (χ0n) is 6.33. The van der Waals surface area contributed by atoms with Gasteiger partial charge in [0, 0.05) is 7.05 Å². The summed E-state index contributed by atoms with van der Waals surface area (Å²) in [6, 6.07) is 0. The van der Waals surface area contributed by atoms with Crippen molar-refractivity contribution >= 4 is 6.09 Å². The SMILES string of the molecule is CCCCOC(=O)N(C)O. The van der Waals surface area contributed by atoms with Crippen LogP contribution < -0.4 is 0 Å². The van der Waals surface area contributed by atoms with Gasteiger partial charge in [0.1, 0.15) is 0 Å². The zero-order chi connectivity index (χ0) is 7.98. The number of rotatable bonds is 3. The number of hydrogen-bond donors (Lipinski definition) is 1. The lowest BCUT2D eigenvalue weighted by atomic mass is 10.4. The quantitative estimate of drug-likeness (QED) is 0.371. The molecule has 0 aliphatic carbocycles. The lowest BCUT2D eigenvalue weighted by Gasteiger charge is -2.07. The molecule has 0 saturated carbocycles. The summed E-state index contributed by atoms with van der Waals surface area (Å²) in [6.45, 7) is 2.37. The molecule has 0 aliphatic rings. The summed E-state index contributed by atoms with van der Waals surface area (Å²) in [5, 5.41) is 8.91. The fourth-order valence-electron chi connectivity index (χ4n) is 0.397. The molecule has 0 saturated heterocycles. The standard InChI is InChI=1S/C6H13NO3/c1-3-4-5-10-6(8)7(2)9/h9H,3-5H2,1-2H3. The summed E-state index contributed by atoms with van der Waals surface area (Å²) in [5.74, 6) is 0. The molecule has 0 aliphatic heterocycles. The Labute approximate surface area is 60.3 Å². The van der Waals surface area contributed by atoms with Crippen molar-refractivity contribution in [2.24, 2.45) is 0 Å². The number of hydrogen-bond acceptors (Lipinski definition) is 3. The highest BCUT2D eigenvalue weighted by molar-refractivity contribution is 5.65. The zero-order valence-corrected chi connectivity index (χ0v) is 6.33. The number of amides is 1. The second-order valence-electron chi connectivity index (χ2n) is 1.99. The van der Waals surface area contributed by atoms with E-state index in [0.717, 1.165) is 12.8 Å². The van der Waals surface area contributed by atoms with Crippen molar-refractivity contribution in [2.45, 2.75) is 19.8 Å². The molecule has 0 atom stereocenters. The van der Waals surface area contributed by atoms with Crippen LogP contribution >= 0.6 is 0 Å². The fourth-order valence-corrected chi connectivity index (χ4v) is 0.397. The lowest BCUT2D eigenvalue weighted by molar-refractivity contribution is -0.0531. The largest absolute Gasteiger partial charge is 0.448 e. The third-order valence-electron chi connectivity index (χ3n) is 0.988. The predicted octanol–water partition coefficient (Wildman–Crippen LogP) is 1.24. The molecule has 10 heavy (non-hydrogen) atoms. The van der Waals surface area contributed by atoms with Crippen LogP contribution in [0.1, 0.15) is 19.8 Å². The van der Waals surface area contributed by atoms with Gasteiger partial charge < -0.3 is 4.74 Å². The van der Waals surface area contributed by atoms with Crippen molar-refractivity contribution in [3.63, 3.8) is 0 Å². The van der Waals surface area contributed by atoms with Crippen molar-refractivity contribution in [2.75, 3.05) is 13.7 Å². The predicted molar refractivity (Wildman–Crippen MR) is 35.8 cm³/mol. The Kier molecular flexibility index (Phi) is 4.66. The van der Waals surface area contributed by atoms with E-state index in [1.165, 1.54) is 7.05 Å². The van der Waals surface area contributed by atoms with E-state index in [-0.39, 0.29) is 0 Å². The average molecular weight is 147 g/mol. The summed E-state index contributed by atoms with van der Waals surface area (Å²) in [4.78, 5) is 10.5. The first kappa shape index (κ1) is 9.23. The highest BCUT2D eigenvalue weighted by Crippen LogP contribution is 1.90. The van der Waals surface area contributed by atoms with Gasteiger partial charge in [-0.15, -0.1) is 0 Å². The Balaban J connectivity index is 3.22. The van der Waals surface area contributed by atoms with Crippen LogP contribution in [0.3, 0.4) is 0 Å². The van der Waals surface area contributed by atoms with Crippen LogP contribution in [0.2, 0.25) is 0 Å². The molecule has 0 spiro atoms. The van der Waals surface area contributed by atoms with Gasteiger partial charge >= 0.3 is 6.09 Å². The maximum atomic E-state index is 10.5. The van der Waals surface area contributed by atoms with E-state index in [1.807, 2.05) is 6.92 Å². The molecule has 4 nitrogen and oxygen atoms in total. The molecule has 0 fully saturated rings. The number of hydroxylamine groups is 2. The maximum absolute atomic E-state index is 10.5. The first-order valence-corrected chi connectivity index (χ1v) is 3.27. The minimum Gasteiger partial charge on any atom is -0.448 e. The summed E-state index contributed by atoms with van der Waals surface area (Å²) < 4.78 is 4.58. The Morgan fingerprint density at radius 1 is 1.70 bits per heavy atom. The van der Waals surface area contributed by atoms with E-state index >= 15 is 0 Å². The molecular weight excluding hydrogens is 134 g/mol. The Bertz CT molecular complexity index is 103. The van der Waals surface area contributed by atoms with E-state index in [2.05, 4.69) is 4.74 Å². The summed E-state index contributed by atoms with van der Waals surface area (Å²) in [5.41, 5.74) is 0. The van der Waals surface area contributed by atoms with Crippen molar-refractivity contribution in [3.05, 3.63) is 0 Å². The topological polar surface area (TPSA) is 49.8 Å². The summed E-state index contributed by atoms with van der Waals surface area (Å²) in [6.07, 6.45) is 1.11. The lowest BCUT2D eigenvalue weighted by Crippen LogP contribution is -2.23. The molecule has 1 amide bonds. The Morgan fingerprint density at radius 3 is 2.70 bits per heavy atom. The van der Waals surface area contributed by atoms with Crippen LogP contribution in [-0.4, -0.2) is 30.0 Å². The van der Waals surface area contributed by atoms with Crippen LogP contribution in [0, 0.1) is 0 Å². The van der Waals surface area contributed by atoms with E-state index < -0.39 is 6.09 Å². The number of carbonyl (C=O) groups is 1. The minimum absolute atomic E-state index is 0.375. The molecule has 60 valence electrons. The van der Waals surface area contributed by atoms with Gasteiger partial charge in [0.2, 0.25) is 0 Å². The number of ether oxygens (including phenoxy) is 1. The van der Waals surface area contributed by atoms with Gasteiger partial charge in [-0.1, -0.05) is 13.3 Å². The third kappa shape index (κ3) is 4.14. The van der Waals surface area contributed by atoms with Gasteiger partial charge in [-0.25, -0.2) is 4.79 Å². The number of unbranched alkanes of at least 4 members (excludes halogenated alkanes) is 1. The smallest absolute Gasteiger partial charge is 0.433 e. The molecule has 0 heterocycles. The van der Waals surface area contributed by atoms with Crippen molar-refractivity contribution in [1.29, 1.82) is 0 Å². The molecular formula is C6H13NO3. The van der Waals surface area contributed by atoms with E-state index in [0.29, 0.717) is 11.7 Å². The maximum Gasteiger partial charge on any atom is 0.433 e.